The van der Waals surface area contributed by atoms with Crippen molar-refractivity contribution >= 4 is 21.6 Å². The van der Waals surface area contributed by atoms with Crippen LogP contribution in [0.4, 0.5) is 10.1 Å². The third-order valence-corrected chi connectivity index (χ3v) is 3.64. The number of aliphatic hydroxyl groups is 1. The Balaban J connectivity index is 2.05. The van der Waals surface area contributed by atoms with Gasteiger partial charge in [-0.05, 0) is 47.0 Å². The first-order valence-electron chi connectivity index (χ1n) is 5.56. The zero-order valence-corrected chi connectivity index (χ0v) is 10.5. The van der Waals surface area contributed by atoms with E-state index in [1.54, 1.807) is 6.07 Å². The van der Waals surface area contributed by atoms with Crippen molar-refractivity contribution < 1.29 is 9.50 Å². The van der Waals surface area contributed by atoms with E-state index in [1.165, 1.54) is 6.07 Å². The number of hydrogen-bond acceptors (Lipinski definition) is 2. The lowest BCUT2D eigenvalue weighted by molar-refractivity contribution is 0.116. The number of halogens is 2. The molecule has 0 aromatic heterocycles. The second kappa shape index (κ2) is 5.15. The van der Waals surface area contributed by atoms with Crippen LogP contribution in [-0.4, -0.2) is 17.3 Å². The van der Waals surface area contributed by atoms with Crippen molar-refractivity contribution in [1.29, 1.82) is 0 Å². The Bertz CT molecular complexity index is 372. The van der Waals surface area contributed by atoms with Crippen LogP contribution >= 0.6 is 15.9 Å². The quantitative estimate of drug-likeness (QED) is 0.875. The molecule has 2 atom stereocenters. The molecule has 1 aliphatic rings. The maximum atomic E-state index is 13.3. The van der Waals surface area contributed by atoms with Crippen molar-refractivity contribution in [2.45, 2.75) is 37.8 Å². The molecule has 0 aliphatic heterocycles. The van der Waals surface area contributed by atoms with E-state index >= 15 is 0 Å². The average molecular weight is 288 g/mol. The van der Waals surface area contributed by atoms with Gasteiger partial charge in [0.15, 0.2) is 0 Å². The Kier molecular flexibility index (Phi) is 3.82. The van der Waals surface area contributed by atoms with Crippen LogP contribution in [0.2, 0.25) is 0 Å². The SMILES string of the molecule is O[C@H]1CCCC[C@@H]1Nc1ccc(Br)c(F)c1. The predicted octanol–water partition coefficient (Wildman–Crippen LogP) is 3.30. The van der Waals surface area contributed by atoms with E-state index in [4.69, 9.17) is 0 Å². The Morgan fingerprint density at radius 1 is 1.31 bits per heavy atom. The molecule has 0 saturated heterocycles. The first kappa shape index (κ1) is 11.9. The summed E-state index contributed by atoms with van der Waals surface area (Å²) in [6.45, 7) is 0. The molecule has 1 saturated carbocycles. The van der Waals surface area contributed by atoms with Gasteiger partial charge in [0.25, 0.3) is 0 Å². The lowest BCUT2D eigenvalue weighted by atomic mass is 9.92. The molecule has 0 unspecified atom stereocenters. The molecule has 2 nitrogen and oxygen atoms in total. The van der Waals surface area contributed by atoms with E-state index < -0.39 is 0 Å². The average Bonchev–Trinajstić information content (AvgIpc) is 2.27. The van der Waals surface area contributed by atoms with E-state index in [1.807, 2.05) is 6.07 Å². The molecule has 2 rings (SSSR count). The minimum atomic E-state index is -0.319. The monoisotopic (exact) mass is 287 g/mol. The van der Waals surface area contributed by atoms with E-state index in [0.29, 0.717) is 4.47 Å². The summed E-state index contributed by atoms with van der Waals surface area (Å²) in [6.07, 6.45) is 3.65. The third-order valence-electron chi connectivity index (χ3n) is 3.00. The van der Waals surface area contributed by atoms with Gasteiger partial charge in [0.1, 0.15) is 5.82 Å². The molecular weight excluding hydrogens is 273 g/mol. The number of hydrogen-bond donors (Lipinski definition) is 2. The van der Waals surface area contributed by atoms with Crippen LogP contribution in [-0.2, 0) is 0 Å². The topological polar surface area (TPSA) is 32.3 Å². The number of anilines is 1. The molecule has 2 N–H and O–H groups in total. The first-order chi connectivity index (χ1) is 7.66. The van der Waals surface area contributed by atoms with Gasteiger partial charge in [-0.25, -0.2) is 4.39 Å². The molecule has 1 fully saturated rings. The van der Waals surface area contributed by atoms with Gasteiger partial charge in [-0.3, -0.25) is 0 Å². The fourth-order valence-electron chi connectivity index (χ4n) is 2.08. The summed E-state index contributed by atoms with van der Waals surface area (Å²) in [4.78, 5) is 0. The summed E-state index contributed by atoms with van der Waals surface area (Å²) >= 11 is 3.11. The molecule has 1 aliphatic carbocycles. The zero-order chi connectivity index (χ0) is 11.5. The van der Waals surface area contributed by atoms with Crippen LogP contribution < -0.4 is 5.32 Å². The van der Waals surface area contributed by atoms with E-state index in [2.05, 4.69) is 21.2 Å². The number of benzene rings is 1. The molecule has 4 heteroatoms. The van der Waals surface area contributed by atoms with Crippen LogP contribution in [0, 0.1) is 5.82 Å². The summed E-state index contributed by atoms with van der Waals surface area (Å²) in [5.74, 6) is -0.282. The maximum absolute atomic E-state index is 13.3. The van der Waals surface area contributed by atoms with Crippen LogP contribution in [0.15, 0.2) is 22.7 Å². The van der Waals surface area contributed by atoms with Crippen molar-refractivity contribution in [1.82, 2.24) is 0 Å². The Morgan fingerprint density at radius 2 is 2.06 bits per heavy atom. The summed E-state index contributed by atoms with van der Waals surface area (Å²) in [5.41, 5.74) is 0.728. The fourth-order valence-corrected chi connectivity index (χ4v) is 2.33. The summed E-state index contributed by atoms with van der Waals surface area (Å²) in [5, 5.41) is 13.0. The fraction of sp³-hybridized carbons (Fsp3) is 0.500. The minimum Gasteiger partial charge on any atom is -0.391 e. The number of rotatable bonds is 2. The smallest absolute Gasteiger partial charge is 0.139 e. The molecule has 0 spiro atoms. The van der Waals surface area contributed by atoms with Crippen molar-refractivity contribution in [2.75, 3.05) is 5.32 Å². The van der Waals surface area contributed by atoms with Gasteiger partial charge in [-0.2, -0.15) is 0 Å². The summed E-state index contributed by atoms with van der Waals surface area (Å²) in [6, 6.07) is 4.99. The second-order valence-electron chi connectivity index (χ2n) is 4.23. The molecule has 1 aromatic carbocycles. The Labute approximate surface area is 103 Å². The molecule has 0 amide bonds. The Morgan fingerprint density at radius 3 is 2.75 bits per heavy atom. The van der Waals surface area contributed by atoms with Crippen LogP contribution in [0.3, 0.4) is 0 Å². The normalized spacial score (nSPS) is 25.4. The van der Waals surface area contributed by atoms with E-state index in [-0.39, 0.29) is 18.0 Å². The second-order valence-corrected chi connectivity index (χ2v) is 5.09. The van der Waals surface area contributed by atoms with Gasteiger partial charge in [-0.15, -0.1) is 0 Å². The summed E-state index contributed by atoms with van der Waals surface area (Å²) < 4.78 is 13.7. The zero-order valence-electron chi connectivity index (χ0n) is 8.92. The highest BCUT2D eigenvalue weighted by atomic mass is 79.9. The van der Waals surface area contributed by atoms with Gasteiger partial charge < -0.3 is 10.4 Å². The lowest BCUT2D eigenvalue weighted by Crippen LogP contribution is -2.36. The molecular formula is C12H15BrFNO. The molecule has 88 valence electrons. The van der Waals surface area contributed by atoms with Gasteiger partial charge in [0.2, 0.25) is 0 Å². The first-order valence-corrected chi connectivity index (χ1v) is 6.36. The van der Waals surface area contributed by atoms with Gasteiger partial charge in [0.05, 0.1) is 16.6 Å². The van der Waals surface area contributed by atoms with Crippen molar-refractivity contribution in [3.05, 3.63) is 28.5 Å². The van der Waals surface area contributed by atoms with Gasteiger partial charge in [-0.1, -0.05) is 12.8 Å². The highest BCUT2D eigenvalue weighted by molar-refractivity contribution is 9.10. The molecule has 0 radical (unpaired) electrons. The van der Waals surface area contributed by atoms with Crippen molar-refractivity contribution in [2.24, 2.45) is 0 Å². The largest absolute Gasteiger partial charge is 0.391 e. The number of nitrogens with one attached hydrogen (secondary N) is 1. The molecule has 0 bridgehead atoms. The van der Waals surface area contributed by atoms with Crippen LogP contribution in [0.5, 0.6) is 0 Å². The van der Waals surface area contributed by atoms with Crippen LogP contribution in [0.25, 0.3) is 0 Å². The van der Waals surface area contributed by atoms with E-state index in [0.717, 1.165) is 31.4 Å². The standard InChI is InChI=1S/C12H15BrFNO/c13-9-6-5-8(7-10(9)14)15-11-3-1-2-4-12(11)16/h5-7,11-12,15-16H,1-4H2/t11-,12-/m0/s1. The van der Waals surface area contributed by atoms with Crippen molar-refractivity contribution in [3.63, 3.8) is 0 Å². The van der Waals surface area contributed by atoms with Crippen LogP contribution in [0.1, 0.15) is 25.7 Å². The van der Waals surface area contributed by atoms with Gasteiger partial charge >= 0.3 is 0 Å². The van der Waals surface area contributed by atoms with Gasteiger partial charge in [0, 0.05) is 5.69 Å². The maximum Gasteiger partial charge on any atom is 0.139 e. The van der Waals surface area contributed by atoms with E-state index in [9.17, 15) is 9.50 Å². The highest BCUT2D eigenvalue weighted by Crippen LogP contribution is 2.24. The molecule has 16 heavy (non-hydrogen) atoms. The highest BCUT2D eigenvalue weighted by Gasteiger charge is 2.22. The minimum absolute atomic E-state index is 0.0503. The predicted molar refractivity (Wildman–Crippen MR) is 66.0 cm³/mol. The summed E-state index contributed by atoms with van der Waals surface area (Å²) in [7, 11) is 0. The molecule has 1 aromatic rings. The number of aliphatic hydroxyl groups excluding tert-OH is 1. The Hall–Kier alpha value is -0.610. The third kappa shape index (κ3) is 2.74. The van der Waals surface area contributed by atoms with Crippen molar-refractivity contribution in [3.8, 4) is 0 Å². The lowest BCUT2D eigenvalue weighted by Gasteiger charge is -2.29. The molecule has 0 heterocycles.